The molecule has 0 atom stereocenters. The maximum Gasteiger partial charge on any atom is 0.229 e. The molecule has 0 bridgehead atoms. The smallest absolute Gasteiger partial charge is 0.229 e. The topological polar surface area (TPSA) is 74.5 Å². The van der Waals surface area contributed by atoms with Crippen LogP contribution in [0.1, 0.15) is 36.0 Å². The highest BCUT2D eigenvalue weighted by atomic mass is 16.5. The van der Waals surface area contributed by atoms with Gasteiger partial charge in [-0.1, -0.05) is 31.1 Å². The molecule has 26 heavy (non-hydrogen) atoms. The molecule has 0 aliphatic carbocycles. The second-order valence-electron chi connectivity index (χ2n) is 6.08. The van der Waals surface area contributed by atoms with Crippen LogP contribution in [0.4, 0.5) is 0 Å². The zero-order chi connectivity index (χ0) is 18.5. The van der Waals surface area contributed by atoms with Crippen LogP contribution in [0.3, 0.4) is 0 Å². The quantitative estimate of drug-likeness (QED) is 0.595. The Morgan fingerprint density at radius 3 is 2.54 bits per heavy atom. The third-order valence-electron chi connectivity index (χ3n) is 3.81. The molecule has 3 rings (SSSR count). The molecule has 1 heterocycles. The molecule has 0 amide bonds. The Morgan fingerprint density at radius 1 is 1.12 bits per heavy atom. The molecule has 0 saturated heterocycles. The van der Waals surface area contributed by atoms with Gasteiger partial charge in [0.1, 0.15) is 11.5 Å². The van der Waals surface area contributed by atoms with E-state index in [1.54, 1.807) is 43.5 Å². The van der Waals surface area contributed by atoms with Crippen molar-refractivity contribution in [2.75, 3.05) is 13.7 Å². The number of nitrogens with zero attached hydrogens (tertiary/aromatic N) is 2. The number of carbonyl (C=O) groups is 1. The number of hydrogen-bond acceptors (Lipinski definition) is 6. The van der Waals surface area contributed by atoms with Crippen LogP contribution in [-0.2, 0) is 0 Å². The van der Waals surface area contributed by atoms with Crippen molar-refractivity contribution in [3.63, 3.8) is 0 Å². The molecule has 0 aliphatic heterocycles. The number of methoxy groups -OCH3 is 1. The van der Waals surface area contributed by atoms with Gasteiger partial charge in [0, 0.05) is 17.0 Å². The second kappa shape index (κ2) is 7.82. The molecule has 3 aromatic rings. The first-order valence-corrected chi connectivity index (χ1v) is 8.31. The van der Waals surface area contributed by atoms with Gasteiger partial charge in [-0.2, -0.15) is 4.98 Å². The van der Waals surface area contributed by atoms with Crippen LogP contribution in [0.2, 0.25) is 0 Å². The predicted molar refractivity (Wildman–Crippen MR) is 96.6 cm³/mol. The van der Waals surface area contributed by atoms with E-state index < -0.39 is 0 Å². The molecule has 0 spiro atoms. The van der Waals surface area contributed by atoms with Gasteiger partial charge in [-0.3, -0.25) is 4.79 Å². The lowest BCUT2D eigenvalue weighted by Gasteiger charge is -2.07. The standard InChI is InChI=1S/C20H20N2O4/c1-13(2)20-21-19(22-26-20)14-7-9-16(10-8-14)25-12-18(23)15-5-4-6-17(11-15)24-3/h4-11,13H,12H2,1-3H3. The van der Waals surface area contributed by atoms with E-state index in [0.717, 1.165) is 5.56 Å². The molecule has 0 N–H and O–H groups in total. The fraction of sp³-hybridized carbons (Fsp3) is 0.250. The summed E-state index contributed by atoms with van der Waals surface area (Å²) in [5.41, 5.74) is 1.38. The first kappa shape index (κ1) is 17.7. The van der Waals surface area contributed by atoms with Crippen molar-refractivity contribution in [3.05, 3.63) is 60.0 Å². The van der Waals surface area contributed by atoms with E-state index in [9.17, 15) is 4.79 Å². The molecule has 0 radical (unpaired) electrons. The van der Waals surface area contributed by atoms with Crippen molar-refractivity contribution in [2.45, 2.75) is 19.8 Å². The van der Waals surface area contributed by atoms with Crippen LogP contribution in [0.5, 0.6) is 11.5 Å². The summed E-state index contributed by atoms with van der Waals surface area (Å²) in [6.07, 6.45) is 0. The van der Waals surface area contributed by atoms with Gasteiger partial charge in [0.05, 0.1) is 7.11 Å². The van der Waals surface area contributed by atoms with Gasteiger partial charge < -0.3 is 14.0 Å². The maximum atomic E-state index is 12.2. The molecular weight excluding hydrogens is 332 g/mol. The lowest BCUT2D eigenvalue weighted by molar-refractivity contribution is 0.0921. The molecular formula is C20H20N2O4. The summed E-state index contributed by atoms with van der Waals surface area (Å²) < 4.78 is 15.9. The Balaban J connectivity index is 1.62. The first-order chi connectivity index (χ1) is 12.6. The number of Topliss-reactive ketones (excluding diaryl/α,β-unsaturated/α-hetero) is 1. The van der Waals surface area contributed by atoms with Crippen LogP contribution in [0, 0.1) is 0 Å². The van der Waals surface area contributed by atoms with Crippen molar-refractivity contribution in [2.24, 2.45) is 0 Å². The monoisotopic (exact) mass is 352 g/mol. The minimum absolute atomic E-state index is 0.0494. The van der Waals surface area contributed by atoms with Crippen molar-refractivity contribution in [3.8, 4) is 22.9 Å². The van der Waals surface area contributed by atoms with Crippen LogP contribution in [-0.4, -0.2) is 29.6 Å². The lowest BCUT2D eigenvalue weighted by atomic mass is 10.1. The van der Waals surface area contributed by atoms with Crippen molar-refractivity contribution >= 4 is 5.78 Å². The number of ketones is 1. The summed E-state index contributed by atoms with van der Waals surface area (Å²) in [4.78, 5) is 16.6. The molecule has 0 unspecified atom stereocenters. The van der Waals surface area contributed by atoms with Crippen LogP contribution >= 0.6 is 0 Å². The van der Waals surface area contributed by atoms with Gasteiger partial charge in [-0.15, -0.1) is 0 Å². The summed E-state index contributed by atoms with van der Waals surface area (Å²) in [5, 5.41) is 3.97. The summed E-state index contributed by atoms with van der Waals surface area (Å²) in [5.74, 6) is 2.43. The third-order valence-corrected chi connectivity index (χ3v) is 3.81. The molecule has 2 aromatic carbocycles. The summed E-state index contributed by atoms with van der Waals surface area (Å²) in [6, 6.07) is 14.2. The van der Waals surface area contributed by atoms with E-state index in [2.05, 4.69) is 10.1 Å². The summed E-state index contributed by atoms with van der Waals surface area (Å²) in [6.45, 7) is 3.94. The average molecular weight is 352 g/mol. The Kier molecular flexibility index (Phi) is 5.31. The van der Waals surface area contributed by atoms with Gasteiger partial charge in [0.15, 0.2) is 12.4 Å². The predicted octanol–water partition coefficient (Wildman–Crippen LogP) is 4.13. The number of benzene rings is 2. The molecule has 0 saturated carbocycles. The lowest BCUT2D eigenvalue weighted by Crippen LogP contribution is -2.11. The minimum Gasteiger partial charge on any atom is -0.497 e. The molecule has 0 fully saturated rings. The van der Waals surface area contributed by atoms with E-state index in [1.807, 2.05) is 26.0 Å². The van der Waals surface area contributed by atoms with Crippen molar-refractivity contribution in [1.82, 2.24) is 10.1 Å². The Labute approximate surface area is 151 Å². The minimum atomic E-state index is -0.118. The Bertz CT molecular complexity index is 885. The third kappa shape index (κ3) is 4.08. The van der Waals surface area contributed by atoms with Crippen LogP contribution in [0.15, 0.2) is 53.1 Å². The summed E-state index contributed by atoms with van der Waals surface area (Å²) in [7, 11) is 1.56. The van der Waals surface area contributed by atoms with E-state index in [1.165, 1.54) is 0 Å². The highest BCUT2D eigenvalue weighted by molar-refractivity contribution is 5.97. The number of carbonyl (C=O) groups excluding carboxylic acids is 1. The summed E-state index contributed by atoms with van der Waals surface area (Å²) >= 11 is 0. The highest BCUT2D eigenvalue weighted by Crippen LogP contribution is 2.22. The van der Waals surface area contributed by atoms with Crippen LogP contribution < -0.4 is 9.47 Å². The highest BCUT2D eigenvalue weighted by Gasteiger charge is 2.12. The number of rotatable bonds is 7. The van der Waals surface area contributed by atoms with E-state index in [4.69, 9.17) is 14.0 Å². The van der Waals surface area contributed by atoms with E-state index in [0.29, 0.717) is 28.8 Å². The van der Waals surface area contributed by atoms with Crippen molar-refractivity contribution < 1.29 is 18.8 Å². The zero-order valence-electron chi connectivity index (χ0n) is 14.9. The second-order valence-corrected chi connectivity index (χ2v) is 6.08. The molecule has 134 valence electrons. The average Bonchev–Trinajstić information content (AvgIpc) is 3.17. The van der Waals surface area contributed by atoms with Gasteiger partial charge in [-0.25, -0.2) is 0 Å². The molecule has 6 heteroatoms. The molecule has 1 aromatic heterocycles. The zero-order valence-corrected chi connectivity index (χ0v) is 14.9. The van der Waals surface area contributed by atoms with Crippen molar-refractivity contribution in [1.29, 1.82) is 0 Å². The first-order valence-electron chi connectivity index (χ1n) is 8.31. The Hall–Kier alpha value is -3.15. The van der Waals surface area contributed by atoms with Gasteiger partial charge >= 0.3 is 0 Å². The normalized spacial score (nSPS) is 10.8. The fourth-order valence-corrected chi connectivity index (χ4v) is 2.32. The fourth-order valence-electron chi connectivity index (χ4n) is 2.32. The SMILES string of the molecule is COc1cccc(C(=O)COc2ccc(-c3noc(C(C)C)n3)cc2)c1. The number of hydrogen-bond donors (Lipinski definition) is 0. The number of ether oxygens (including phenoxy) is 2. The van der Waals surface area contributed by atoms with Crippen LogP contribution in [0.25, 0.3) is 11.4 Å². The van der Waals surface area contributed by atoms with Gasteiger partial charge in [-0.05, 0) is 36.4 Å². The van der Waals surface area contributed by atoms with E-state index in [-0.39, 0.29) is 18.3 Å². The van der Waals surface area contributed by atoms with E-state index >= 15 is 0 Å². The Morgan fingerprint density at radius 2 is 1.88 bits per heavy atom. The number of aromatic nitrogens is 2. The molecule has 6 nitrogen and oxygen atoms in total. The molecule has 0 aliphatic rings. The van der Waals surface area contributed by atoms with Gasteiger partial charge in [0.25, 0.3) is 0 Å². The van der Waals surface area contributed by atoms with Gasteiger partial charge in [0.2, 0.25) is 11.7 Å². The maximum absolute atomic E-state index is 12.2. The largest absolute Gasteiger partial charge is 0.497 e.